The van der Waals surface area contributed by atoms with Crippen molar-refractivity contribution in [2.75, 3.05) is 0 Å². The SMILES string of the molecule is CC1=[C-]C(C)C=C1C(C)C.Clc1ccc([CH]=[Zr]=[CH]c2ccc(Cl)cc2)cc1.[Cl-].[Cl-].c1ccc2c(c1)[cH-]c1ccccc12. The van der Waals surface area contributed by atoms with Crippen LogP contribution >= 0.6 is 23.2 Å². The molecule has 0 radical (unpaired) electrons. The zero-order valence-corrected chi connectivity index (χ0v) is 29.7. The van der Waals surface area contributed by atoms with E-state index in [0.29, 0.717) is 11.8 Å². The van der Waals surface area contributed by atoms with Gasteiger partial charge in [-0.1, -0.05) is 75.9 Å². The van der Waals surface area contributed by atoms with Gasteiger partial charge >= 0.3 is 123 Å². The molecule has 0 bridgehead atoms. The number of rotatable bonds is 3. The van der Waals surface area contributed by atoms with Gasteiger partial charge in [0.1, 0.15) is 0 Å². The van der Waals surface area contributed by atoms with Crippen LogP contribution in [0.3, 0.4) is 0 Å². The summed E-state index contributed by atoms with van der Waals surface area (Å²) in [5, 5.41) is 6.96. The quantitative estimate of drug-likeness (QED) is 0.237. The van der Waals surface area contributed by atoms with Crippen LogP contribution in [0, 0.1) is 17.9 Å². The Bertz CT molecular complexity index is 1580. The van der Waals surface area contributed by atoms with Crippen molar-refractivity contribution in [3.63, 3.8) is 0 Å². The van der Waals surface area contributed by atoms with E-state index in [1.165, 1.54) is 43.8 Å². The third kappa shape index (κ3) is 10.6. The number of benzene rings is 4. The summed E-state index contributed by atoms with van der Waals surface area (Å²) in [7, 11) is 0. The predicted molar refractivity (Wildman–Crippen MR) is 175 cm³/mol. The van der Waals surface area contributed by atoms with Gasteiger partial charge in [0.05, 0.1) is 0 Å². The van der Waals surface area contributed by atoms with Crippen LogP contribution in [0.2, 0.25) is 10.0 Å². The zero-order chi connectivity index (χ0) is 28.5. The summed E-state index contributed by atoms with van der Waals surface area (Å²) in [5.74, 6) is 1.20. The number of allylic oxidation sites excluding steroid dienone is 4. The van der Waals surface area contributed by atoms with Gasteiger partial charge in [0.25, 0.3) is 0 Å². The molecule has 218 valence electrons. The maximum Gasteiger partial charge on any atom is -0.0771 e. The van der Waals surface area contributed by atoms with Crippen molar-refractivity contribution in [3.8, 4) is 0 Å². The molecule has 0 nitrogen and oxygen atoms in total. The molecule has 1 atom stereocenters. The standard InChI is InChI=1S/C13H9.C10H15.2C7H5Cl.2ClH.Zr/c1-3-7-12-10(5-1)9-11-6-2-4-8-13(11)12;1-7(2)10-6-8(3)5-9(10)4;2*1-6-2-4-7(8)5-3-6;;;/h1-9H;6-8H,1-4H3;2*1-5H;2*1H;/q2*-1;;;;;/p-2. The number of halogens is 4. The van der Waals surface area contributed by atoms with E-state index in [4.69, 9.17) is 23.2 Å². The first-order chi connectivity index (χ1) is 19.3. The van der Waals surface area contributed by atoms with Gasteiger partial charge in [0.15, 0.2) is 0 Å². The van der Waals surface area contributed by atoms with E-state index in [2.05, 4.69) is 126 Å². The van der Waals surface area contributed by atoms with Crippen molar-refractivity contribution in [3.05, 3.63) is 148 Å². The molecule has 0 N–H and O–H groups in total. The third-order valence-electron chi connectivity index (χ3n) is 6.69. The summed E-state index contributed by atoms with van der Waals surface area (Å²) in [6.07, 6.45) is 5.68. The van der Waals surface area contributed by atoms with Gasteiger partial charge in [-0.2, -0.15) is 11.6 Å². The molecule has 0 aromatic heterocycles. The monoisotopic (exact) mass is 708 g/mol. The fraction of sp³-hybridized carbons (Fsp3) is 0.162. The minimum Gasteiger partial charge on any atom is -1.00 e. The van der Waals surface area contributed by atoms with E-state index in [9.17, 15) is 0 Å². The van der Waals surface area contributed by atoms with Crippen LogP contribution in [0.1, 0.15) is 38.8 Å². The Hall–Kier alpha value is -1.99. The number of hydrogen-bond acceptors (Lipinski definition) is 0. The second-order valence-corrected chi connectivity index (χ2v) is 13.3. The molecule has 1 aliphatic rings. The summed E-state index contributed by atoms with van der Waals surface area (Å²) < 4.78 is 4.66. The Morgan fingerprint density at radius 2 is 1.14 bits per heavy atom. The van der Waals surface area contributed by atoms with Gasteiger partial charge in [0.2, 0.25) is 0 Å². The molecule has 5 aromatic carbocycles. The van der Waals surface area contributed by atoms with Crippen LogP contribution in [0.25, 0.3) is 21.5 Å². The predicted octanol–water partition coefficient (Wildman–Crippen LogP) is 4.76. The average molecular weight is 712 g/mol. The maximum absolute atomic E-state index is 5.84. The van der Waals surface area contributed by atoms with Gasteiger partial charge in [-0.25, -0.2) is 5.57 Å². The fourth-order valence-corrected chi connectivity index (χ4v) is 7.09. The van der Waals surface area contributed by atoms with E-state index in [0.717, 1.165) is 10.0 Å². The van der Waals surface area contributed by atoms with Crippen LogP contribution in [0.15, 0.2) is 120 Å². The average Bonchev–Trinajstić information content (AvgIpc) is 3.50. The second kappa shape index (κ2) is 18.0. The third-order valence-corrected chi connectivity index (χ3v) is 9.65. The minimum atomic E-state index is -0.623. The van der Waals surface area contributed by atoms with E-state index in [-0.39, 0.29) is 24.8 Å². The van der Waals surface area contributed by atoms with E-state index in [1.807, 2.05) is 24.3 Å². The summed E-state index contributed by atoms with van der Waals surface area (Å²) in [5.41, 5.74) is 5.34. The maximum atomic E-state index is 5.84. The molecule has 1 unspecified atom stereocenters. The zero-order valence-electron chi connectivity index (χ0n) is 24.2. The molecular weight excluding hydrogens is 677 g/mol. The number of fused-ring (bicyclic) bond motifs is 3. The van der Waals surface area contributed by atoms with E-state index < -0.39 is 22.3 Å². The molecule has 5 heteroatoms. The molecule has 0 heterocycles. The van der Waals surface area contributed by atoms with Crippen molar-refractivity contribution in [1.29, 1.82) is 0 Å². The Balaban J connectivity index is 0.000000222. The molecule has 1 aliphatic carbocycles. The Kier molecular flexibility index (Phi) is 15.5. The van der Waals surface area contributed by atoms with Gasteiger partial charge in [-0.3, -0.25) is 6.08 Å². The molecular formula is C37H34Cl4Zr-4. The smallest absolute Gasteiger partial charge is 0.0771 e. The van der Waals surface area contributed by atoms with Crippen molar-refractivity contribution in [2.45, 2.75) is 27.7 Å². The first-order valence-electron chi connectivity index (χ1n) is 13.6. The summed E-state index contributed by atoms with van der Waals surface area (Å²) >= 11 is 11.0. The number of hydrogen-bond donors (Lipinski definition) is 0. The summed E-state index contributed by atoms with van der Waals surface area (Å²) in [6.45, 7) is 8.79. The topological polar surface area (TPSA) is 0 Å². The Morgan fingerprint density at radius 3 is 1.50 bits per heavy atom. The largest absolute Gasteiger partial charge is 1.00 e. The van der Waals surface area contributed by atoms with Crippen molar-refractivity contribution >= 4 is 52.2 Å². The molecule has 5 aromatic rings. The van der Waals surface area contributed by atoms with E-state index in [1.54, 1.807) is 0 Å². The molecule has 0 aliphatic heterocycles. The molecule has 0 saturated carbocycles. The first kappa shape index (κ1) is 36.2. The van der Waals surface area contributed by atoms with Crippen LogP contribution in [-0.4, -0.2) is 7.42 Å². The molecule has 0 spiro atoms. The first-order valence-corrected chi connectivity index (χ1v) is 17.2. The normalized spacial score (nSPS) is 13.3. The van der Waals surface area contributed by atoms with Crippen molar-refractivity contribution in [2.24, 2.45) is 11.8 Å². The minimum absolute atomic E-state index is 0. The molecule has 0 amide bonds. The van der Waals surface area contributed by atoms with Crippen LogP contribution in [0.4, 0.5) is 0 Å². The van der Waals surface area contributed by atoms with Gasteiger partial charge in [-0.05, 0) is 0 Å². The molecule has 42 heavy (non-hydrogen) atoms. The second-order valence-electron chi connectivity index (χ2n) is 10.2. The van der Waals surface area contributed by atoms with E-state index >= 15 is 0 Å². The Labute approximate surface area is 284 Å². The summed E-state index contributed by atoms with van der Waals surface area (Å²) in [4.78, 5) is 0. The van der Waals surface area contributed by atoms with Gasteiger partial charge in [0, 0.05) is 0 Å². The molecule has 0 saturated heterocycles. The van der Waals surface area contributed by atoms with Crippen LogP contribution in [-0.2, 0) is 22.3 Å². The summed E-state index contributed by atoms with van der Waals surface area (Å²) in [6, 6.07) is 35.2. The fourth-order valence-electron chi connectivity index (χ4n) is 4.74. The van der Waals surface area contributed by atoms with Crippen LogP contribution < -0.4 is 24.8 Å². The molecule has 0 fully saturated rings. The van der Waals surface area contributed by atoms with Crippen molar-refractivity contribution < 1.29 is 47.1 Å². The Morgan fingerprint density at radius 1 is 0.714 bits per heavy atom. The molecule has 6 rings (SSSR count). The van der Waals surface area contributed by atoms with Crippen molar-refractivity contribution in [1.82, 2.24) is 0 Å². The van der Waals surface area contributed by atoms with Gasteiger partial charge in [-0.15, -0.1) is 39.7 Å². The van der Waals surface area contributed by atoms with Gasteiger partial charge < -0.3 is 24.8 Å². The van der Waals surface area contributed by atoms with Crippen LogP contribution in [0.5, 0.6) is 0 Å².